The number of aromatic nitrogens is 3. The van der Waals surface area contributed by atoms with Gasteiger partial charge >= 0.3 is 0 Å². The van der Waals surface area contributed by atoms with Crippen molar-refractivity contribution in [3.05, 3.63) is 24.2 Å². The molecule has 2 aromatic rings. The molecule has 2 heterocycles. The number of hydrogen-bond acceptors (Lipinski definition) is 3. The average Bonchev–Trinajstić information content (AvgIpc) is 3.15. The van der Waals surface area contributed by atoms with E-state index in [0.717, 1.165) is 35.7 Å². The molecule has 0 spiro atoms. The van der Waals surface area contributed by atoms with Crippen molar-refractivity contribution in [1.29, 1.82) is 0 Å². The highest BCUT2D eigenvalue weighted by Gasteiger charge is 2.16. The maximum absolute atomic E-state index is 11.9. The van der Waals surface area contributed by atoms with Crippen molar-refractivity contribution in [3.8, 4) is 0 Å². The van der Waals surface area contributed by atoms with Crippen molar-refractivity contribution >= 4 is 17.1 Å². The van der Waals surface area contributed by atoms with Gasteiger partial charge in [0.15, 0.2) is 5.65 Å². The van der Waals surface area contributed by atoms with E-state index in [-0.39, 0.29) is 5.91 Å². The Kier molecular flexibility index (Phi) is 4.71. The monoisotopic (exact) mass is 300 g/mol. The smallest absolute Gasteiger partial charge is 0.220 e. The zero-order valence-electron chi connectivity index (χ0n) is 13.2. The van der Waals surface area contributed by atoms with E-state index in [0.29, 0.717) is 13.0 Å². The number of carbonyl (C=O) groups excluding carboxylic acids is 1. The first kappa shape index (κ1) is 15.0. The van der Waals surface area contributed by atoms with E-state index in [4.69, 9.17) is 0 Å². The molecule has 1 N–H and O–H groups in total. The number of amides is 1. The quantitative estimate of drug-likeness (QED) is 0.892. The summed E-state index contributed by atoms with van der Waals surface area (Å²) in [5, 5.41) is 3.01. The van der Waals surface area contributed by atoms with Gasteiger partial charge in [-0.15, -0.1) is 0 Å². The van der Waals surface area contributed by atoms with Gasteiger partial charge in [-0.2, -0.15) is 0 Å². The van der Waals surface area contributed by atoms with Crippen LogP contribution in [0.15, 0.2) is 18.3 Å². The van der Waals surface area contributed by atoms with Gasteiger partial charge in [0.1, 0.15) is 11.3 Å². The van der Waals surface area contributed by atoms with Crippen molar-refractivity contribution < 1.29 is 4.79 Å². The summed E-state index contributed by atoms with van der Waals surface area (Å²) in [6, 6.07) is 3.86. The van der Waals surface area contributed by atoms with Crippen LogP contribution in [-0.2, 0) is 18.3 Å². The molecule has 5 nitrogen and oxygen atoms in total. The van der Waals surface area contributed by atoms with E-state index in [1.165, 1.54) is 25.7 Å². The summed E-state index contributed by atoms with van der Waals surface area (Å²) in [4.78, 5) is 20.8. The van der Waals surface area contributed by atoms with Gasteiger partial charge in [-0.3, -0.25) is 4.79 Å². The van der Waals surface area contributed by atoms with Gasteiger partial charge in [0.2, 0.25) is 5.91 Å². The average molecular weight is 300 g/mol. The molecule has 1 saturated carbocycles. The van der Waals surface area contributed by atoms with Gasteiger partial charge in [-0.25, -0.2) is 9.97 Å². The lowest BCUT2D eigenvalue weighted by molar-refractivity contribution is -0.121. The Hall–Kier alpha value is -1.91. The number of carbonyl (C=O) groups is 1. The SMILES string of the molecule is Cn1c(CCNC(=O)CCC2CCCC2)nc2cccnc21. The predicted octanol–water partition coefficient (Wildman–Crippen LogP) is 2.60. The second kappa shape index (κ2) is 6.90. The number of nitrogens with one attached hydrogen (secondary N) is 1. The molecule has 0 radical (unpaired) electrons. The third-order valence-electron chi connectivity index (χ3n) is 4.65. The van der Waals surface area contributed by atoms with Gasteiger partial charge in [0.05, 0.1) is 0 Å². The molecule has 0 saturated heterocycles. The first-order chi connectivity index (χ1) is 10.7. The molecule has 1 aliphatic rings. The lowest BCUT2D eigenvalue weighted by Gasteiger charge is -2.09. The van der Waals surface area contributed by atoms with Crippen molar-refractivity contribution in [2.75, 3.05) is 6.54 Å². The fraction of sp³-hybridized carbons (Fsp3) is 0.588. The molecule has 22 heavy (non-hydrogen) atoms. The third-order valence-corrected chi connectivity index (χ3v) is 4.65. The lowest BCUT2D eigenvalue weighted by atomic mass is 10.0. The maximum Gasteiger partial charge on any atom is 0.220 e. The van der Waals surface area contributed by atoms with E-state index in [1.54, 1.807) is 6.20 Å². The van der Waals surface area contributed by atoms with Crippen LogP contribution in [0.1, 0.15) is 44.3 Å². The standard InChI is InChI=1S/C17H24N4O/c1-21-15(20-14-7-4-11-19-17(14)21)10-12-18-16(22)9-8-13-5-2-3-6-13/h4,7,11,13H,2-3,5-6,8-10,12H2,1H3,(H,18,22). The minimum absolute atomic E-state index is 0.170. The molecule has 0 bridgehead atoms. The highest BCUT2D eigenvalue weighted by Crippen LogP contribution is 2.28. The Labute approximate surface area is 131 Å². The normalized spacial score (nSPS) is 15.5. The zero-order chi connectivity index (χ0) is 15.4. The molecule has 1 fully saturated rings. The summed E-state index contributed by atoms with van der Waals surface area (Å²) in [6.45, 7) is 0.640. The molecule has 1 amide bonds. The molecular formula is C17H24N4O. The van der Waals surface area contributed by atoms with Gasteiger partial charge in [0.25, 0.3) is 0 Å². The molecule has 2 aromatic heterocycles. The summed E-state index contributed by atoms with van der Waals surface area (Å²) < 4.78 is 2.00. The minimum atomic E-state index is 0.170. The summed E-state index contributed by atoms with van der Waals surface area (Å²) >= 11 is 0. The highest BCUT2D eigenvalue weighted by molar-refractivity contribution is 5.75. The van der Waals surface area contributed by atoms with Crippen LogP contribution < -0.4 is 5.32 Å². The highest BCUT2D eigenvalue weighted by atomic mass is 16.1. The van der Waals surface area contributed by atoms with Crippen LogP contribution >= 0.6 is 0 Å². The Bertz CT molecular complexity index is 643. The Morgan fingerprint density at radius 2 is 2.23 bits per heavy atom. The number of hydrogen-bond donors (Lipinski definition) is 1. The first-order valence-electron chi connectivity index (χ1n) is 8.27. The fourth-order valence-electron chi connectivity index (χ4n) is 3.33. The summed E-state index contributed by atoms with van der Waals surface area (Å²) in [7, 11) is 1.97. The van der Waals surface area contributed by atoms with E-state index in [1.807, 2.05) is 23.7 Å². The molecule has 0 aliphatic heterocycles. The van der Waals surface area contributed by atoms with Gasteiger partial charge in [-0.1, -0.05) is 25.7 Å². The Morgan fingerprint density at radius 1 is 1.41 bits per heavy atom. The fourth-order valence-corrected chi connectivity index (χ4v) is 3.33. The number of nitrogens with zero attached hydrogens (tertiary/aromatic N) is 3. The van der Waals surface area contributed by atoms with Crippen molar-refractivity contribution in [3.63, 3.8) is 0 Å². The molecular weight excluding hydrogens is 276 g/mol. The summed E-state index contributed by atoms with van der Waals surface area (Å²) in [6.07, 6.45) is 9.51. The largest absolute Gasteiger partial charge is 0.356 e. The van der Waals surface area contributed by atoms with Crippen molar-refractivity contribution in [2.24, 2.45) is 13.0 Å². The number of pyridine rings is 1. The molecule has 118 valence electrons. The van der Waals surface area contributed by atoms with Crippen LogP contribution in [0.2, 0.25) is 0 Å². The second-order valence-corrected chi connectivity index (χ2v) is 6.22. The van der Waals surface area contributed by atoms with Crippen molar-refractivity contribution in [2.45, 2.75) is 44.9 Å². The predicted molar refractivity (Wildman–Crippen MR) is 86.4 cm³/mol. The van der Waals surface area contributed by atoms with Gasteiger partial charge < -0.3 is 9.88 Å². The number of rotatable bonds is 6. The number of aryl methyl sites for hydroxylation is 1. The van der Waals surface area contributed by atoms with Gasteiger partial charge in [0, 0.05) is 32.6 Å². The van der Waals surface area contributed by atoms with Crippen LogP contribution in [0.5, 0.6) is 0 Å². The molecule has 0 atom stereocenters. The Balaban J connectivity index is 1.45. The van der Waals surface area contributed by atoms with E-state index in [9.17, 15) is 4.79 Å². The molecule has 0 unspecified atom stereocenters. The molecule has 0 aromatic carbocycles. The zero-order valence-corrected chi connectivity index (χ0v) is 13.2. The lowest BCUT2D eigenvalue weighted by Crippen LogP contribution is -2.26. The van der Waals surface area contributed by atoms with Crippen LogP contribution in [0, 0.1) is 5.92 Å². The third kappa shape index (κ3) is 3.46. The second-order valence-electron chi connectivity index (χ2n) is 6.22. The van der Waals surface area contributed by atoms with Crippen LogP contribution in [-0.4, -0.2) is 27.0 Å². The van der Waals surface area contributed by atoms with E-state index in [2.05, 4.69) is 15.3 Å². The Morgan fingerprint density at radius 3 is 3.00 bits per heavy atom. The van der Waals surface area contributed by atoms with Crippen LogP contribution in [0.25, 0.3) is 11.2 Å². The molecule has 5 heteroatoms. The van der Waals surface area contributed by atoms with E-state index < -0.39 is 0 Å². The van der Waals surface area contributed by atoms with Gasteiger partial charge in [-0.05, 0) is 24.5 Å². The molecule has 1 aliphatic carbocycles. The topological polar surface area (TPSA) is 59.8 Å². The minimum Gasteiger partial charge on any atom is -0.356 e. The molecule has 3 rings (SSSR count). The van der Waals surface area contributed by atoms with Crippen molar-refractivity contribution in [1.82, 2.24) is 19.9 Å². The number of fused-ring (bicyclic) bond motifs is 1. The van der Waals surface area contributed by atoms with E-state index >= 15 is 0 Å². The maximum atomic E-state index is 11.9. The summed E-state index contributed by atoms with van der Waals surface area (Å²) in [5.41, 5.74) is 1.80. The van der Waals surface area contributed by atoms with Crippen LogP contribution in [0.4, 0.5) is 0 Å². The first-order valence-corrected chi connectivity index (χ1v) is 8.27. The summed E-state index contributed by atoms with van der Waals surface area (Å²) in [5.74, 6) is 1.91. The number of imidazole rings is 1. The van der Waals surface area contributed by atoms with Crippen LogP contribution in [0.3, 0.4) is 0 Å².